The molecule has 304 valence electrons. The normalized spacial score (nSPS) is 14.1. The molecule has 0 aliphatic heterocycles. The van der Waals surface area contributed by atoms with Crippen LogP contribution in [-0.4, -0.2) is 80.8 Å². The summed E-state index contributed by atoms with van der Waals surface area (Å²) in [4.78, 5) is 50.6. The van der Waals surface area contributed by atoms with Crippen molar-refractivity contribution in [1.29, 1.82) is 0 Å². The third-order valence-electron chi connectivity index (χ3n) is 7.97. The summed E-state index contributed by atoms with van der Waals surface area (Å²) >= 11 is 0. The van der Waals surface area contributed by atoms with Gasteiger partial charge in [0, 0.05) is 29.9 Å². The van der Waals surface area contributed by atoms with E-state index in [1.54, 1.807) is 13.8 Å². The van der Waals surface area contributed by atoms with Crippen LogP contribution < -0.4 is 16.0 Å². The van der Waals surface area contributed by atoms with Crippen LogP contribution in [0.25, 0.3) is 0 Å². The maximum Gasteiger partial charge on any atom is 0.327 e. The number of carbonyl (C=O) groups is 4. The Balaban J connectivity index is 2.49. The zero-order valence-electron chi connectivity index (χ0n) is 32.7. The summed E-state index contributed by atoms with van der Waals surface area (Å²) in [6, 6.07) is 7.58. The summed E-state index contributed by atoms with van der Waals surface area (Å²) in [6.45, 7) is 4.90. The van der Waals surface area contributed by atoms with Gasteiger partial charge >= 0.3 is 5.97 Å². The molecule has 0 heterocycles. The predicted molar refractivity (Wildman–Crippen MR) is 229 cm³/mol. The first kappa shape index (κ1) is 49.2. The SMILES string of the molecule is CC/C=C\C/C=C\C/C=C\C/C=C\C/C=C\C/C=C\CCC(=O)NC(CSSC(C)(C)C(NC(=O)CCCc1ccccc1)C(=O)NCC(O)CO)C(=O)O. The Bertz CT molecular complexity index is 1420. The first-order valence-corrected chi connectivity index (χ1v) is 21.4. The first-order valence-electron chi connectivity index (χ1n) is 19.1. The van der Waals surface area contributed by atoms with E-state index in [-0.39, 0.29) is 37.0 Å². The molecule has 10 nitrogen and oxygen atoms in total. The fourth-order valence-corrected chi connectivity index (χ4v) is 7.68. The molecule has 0 radical (unpaired) electrons. The number of amides is 3. The number of benzene rings is 1. The molecule has 0 saturated carbocycles. The topological polar surface area (TPSA) is 165 Å². The highest BCUT2D eigenvalue weighted by Gasteiger charge is 2.38. The van der Waals surface area contributed by atoms with E-state index in [0.29, 0.717) is 19.3 Å². The summed E-state index contributed by atoms with van der Waals surface area (Å²) < 4.78 is -0.920. The highest BCUT2D eigenvalue weighted by molar-refractivity contribution is 8.77. The largest absolute Gasteiger partial charge is 0.480 e. The second-order valence-corrected chi connectivity index (χ2v) is 16.3. The van der Waals surface area contributed by atoms with Gasteiger partial charge in [0.2, 0.25) is 17.7 Å². The van der Waals surface area contributed by atoms with Crippen LogP contribution in [0, 0.1) is 0 Å². The second kappa shape index (κ2) is 31.4. The van der Waals surface area contributed by atoms with Crippen LogP contribution in [0.2, 0.25) is 0 Å². The summed E-state index contributed by atoms with van der Waals surface area (Å²) in [5, 5.41) is 36.6. The molecule has 3 unspecified atom stereocenters. The van der Waals surface area contributed by atoms with E-state index < -0.39 is 41.4 Å². The molecule has 1 aromatic carbocycles. The van der Waals surface area contributed by atoms with E-state index in [1.165, 1.54) is 21.6 Å². The van der Waals surface area contributed by atoms with Crippen LogP contribution in [0.1, 0.15) is 90.5 Å². The monoisotopic (exact) mass is 797 g/mol. The van der Waals surface area contributed by atoms with Gasteiger partial charge in [-0.25, -0.2) is 4.79 Å². The van der Waals surface area contributed by atoms with Gasteiger partial charge < -0.3 is 31.3 Å². The van der Waals surface area contributed by atoms with Crippen LogP contribution in [0.3, 0.4) is 0 Å². The molecule has 6 N–H and O–H groups in total. The van der Waals surface area contributed by atoms with Crippen LogP contribution in [0.15, 0.2) is 103 Å². The fraction of sp³-hybridized carbons (Fsp3) is 0.488. The van der Waals surface area contributed by atoms with Crippen molar-refractivity contribution >= 4 is 45.3 Å². The van der Waals surface area contributed by atoms with Crippen LogP contribution in [-0.2, 0) is 25.6 Å². The van der Waals surface area contributed by atoms with Gasteiger partial charge in [-0.15, -0.1) is 0 Å². The number of carboxylic acids is 1. The number of aliphatic carboxylic acids is 1. The van der Waals surface area contributed by atoms with E-state index in [0.717, 1.165) is 44.1 Å². The van der Waals surface area contributed by atoms with Crippen molar-refractivity contribution in [2.24, 2.45) is 0 Å². The summed E-state index contributed by atoms with van der Waals surface area (Å²) in [7, 11) is 2.39. The minimum absolute atomic E-state index is 0.0255. The molecular formula is C43H63N3O7S2. The molecule has 0 aromatic heterocycles. The van der Waals surface area contributed by atoms with Gasteiger partial charge in [0.15, 0.2) is 0 Å². The molecule has 0 bridgehead atoms. The van der Waals surface area contributed by atoms with Crippen LogP contribution in [0.4, 0.5) is 0 Å². The molecule has 55 heavy (non-hydrogen) atoms. The van der Waals surface area contributed by atoms with Crippen molar-refractivity contribution < 1.29 is 34.5 Å². The molecule has 0 saturated heterocycles. The van der Waals surface area contributed by atoms with Crippen LogP contribution in [0.5, 0.6) is 0 Å². The molecule has 3 amide bonds. The van der Waals surface area contributed by atoms with E-state index >= 15 is 0 Å². The molecule has 3 atom stereocenters. The number of rotatable bonds is 30. The zero-order valence-corrected chi connectivity index (χ0v) is 34.4. The number of aliphatic hydroxyl groups excluding tert-OH is 2. The highest BCUT2D eigenvalue weighted by Crippen LogP contribution is 2.38. The van der Waals surface area contributed by atoms with E-state index in [1.807, 2.05) is 42.5 Å². The molecule has 0 aliphatic carbocycles. The number of aryl methyl sites for hydroxylation is 1. The number of aliphatic hydroxyl groups is 2. The number of carbonyl (C=O) groups excluding carboxylic acids is 3. The minimum atomic E-state index is -1.17. The number of hydrogen-bond acceptors (Lipinski definition) is 8. The van der Waals surface area contributed by atoms with Gasteiger partial charge in [0.1, 0.15) is 12.1 Å². The summed E-state index contributed by atoms with van der Waals surface area (Å²) in [5.41, 5.74) is 1.10. The second-order valence-electron chi connectivity index (χ2n) is 13.3. The average Bonchev–Trinajstić information content (AvgIpc) is 3.16. The van der Waals surface area contributed by atoms with E-state index in [9.17, 15) is 29.4 Å². The quantitative estimate of drug-likeness (QED) is 0.0350. The lowest BCUT2D eigenvalue weighted by molar-refractivity contribution is -0.141. The Morgan fingerprint density at radius 3 is 1.82 bits per heavy atom. The molecule has 1 rings (SSSR count). The standard InChI is InChI=1S/C43H63N3O7S2/c1-4-5-6-7-8-9-10-11-12-13-14-15-16-17-18-19-20-21-25-30-38(49)45-37(42(52)53)34-54-55-43(2,3)40(41(51)44-32-36(48)33-47)46-39(50)31-26-29-35-27-23-22-24-28-35/h5-6,8-9,11-12,14-15,17-18,20-24,27-28,36-37,40,47-48H,4,7,10,13,16,19,25-26,29-34H2,1-3H3,(H,44,51)(H,45,49)(H,46,50)(H,52,53)/b6-5-,9-8-,12-11-,15-14-,18-17-,21-20-. The summed E-state index contributed by atoms with van der Waals surface area (Å²) in [5.74, 6) is -2.39. The fourth-order valence-electron chi connectivity index (χ4n) is 4.87. The van der Waals surface area contributed by atoms with Gasteiger partial charge in [0.05, 0.1) is 12.7 Å². The lowest BCUT2D eigenvalue weighted by atomic mass is 10.0. The van der Waals surface area contributed by atoms with Crippen molar-refractivity contribution in [1.82, 2.24) is 16.0 Å². The lowest BCUT2D eigenvalue weighted by Gasteiger charge is -2.33. The van der Waals surface area contributed by atoms with Crippen molar-refractivity contribution in [3.8, 4) is 0 Å². The Morgan fingerprint density at radius 1 is 0.764 bits per heavy atom. The maximum absolute atomic E-state index is 13.2. The number of hydrogen-bond donors (Lipinski definition) is 6. The summed E-state index contributed by atoms with van der Waals surface area (Å²) in [6.07, 6.45) is 31.8. The lowest BCUT2D eigenvalue weighted by Crippen LogP contribution is -2.57. The molecule has 0 spiro atoms. The Hall–Kier alpha value is -3.84. The van der Waals surface area contributed by atoms with Crippen molar-refractivity contribution in [2.75, 3.05) is 18.9 Å². The predicted octanol–water partition coefficient (Wildman–Crippen LogP) is 7.17. The van der Waals surface area contributed by atoms with Crippen molar-refractivity contribution in [3.05, 3.63) is 109 Å². The Labute approximate surface area is 336 Å². The highest BCUT2D eigenvalue weighted by atomic mass is 33.1. The third kappa shape index (κ3) is 25.8. The first-order chi connectivity index (χ1) is 26.5. The third-order valence-corrected chi connectivity index (χ3v) is 11.3. The van der Waals surface area contributed by atoms with Gasteiger partial charge in [-0.3, -0.25) is 14.4 Å². The minimum Gasteiger partial charge on any atom is -0.480 e. The molecule has 0 aliphatic rings. The Kier molecular flexibility index (Phi) is 28.1. The number of carboxylic acid groups (broad SMARTS) is 1. The average molecular weight is 798 g/mol. The van der Waals surface area contributed by atoms with Crippen LogP contribution >= 0.6 is 21.6 Å². The maximum atomic E-state index is 13.2. The van der Waals surface area contributed by atoms with Gasteiger partial charge in [-0.05, 0) is 77.2 Å². The van der Waals surface area contributed by atoms with Gasteiger partial charge in [-0.2, -0.15) is 0 Å². The van der Waals surface area contributed by atoms with Crippen molar-refractivity contribution in [2.45, 2.75) is 114 Å². The van der Waals surface area contributed by atoms with E-state index in [4.69, 9.17) is 5.11 Å². The number of allylic oxidation sites excluding steroid dienone is 12. The zero-order chi connectivity index (χ0) is 40.6. The molecule has 0 fully saturated rings. The number of nitrogens with one attached hydrogen (secondary N) is 3. The molecule has 1 aromatic rings. The van der Waals surface area contributed by atoms with Crippen molar-refractivity contribution in [3.63, 3.8) is 0 Å². The van der Waals surface area contributed by atoms with Gasteiger partial charge in [0.25, 0.3) is 0 Å². The van der Waals surface area contributed by atoms with Gasteiger partial charge in [-0.1, -0.05) is 132 Å². The Morgan fingerprint density at radius 2 is 1.29 bits per heavy atom. The molecular weight excluding hydrogens is 735 g/mol. The van der Waals surface area contributed by atoms with E-state index in [2.05, 4.69) is 83.6 Å². The molecule has 12 heteroatoms. The smallest absolute Gasteiger partial charge is 0.327 e.